The highest BCUT2D eigenvalue weighted by molar-refractivity contribution is 4.96. The summed E-state index contributed by atoms with van der Waals surface area (Å²) in [6.07, 6.45) is 1.97. The van der Waals surface area contributed by atoms with E-state index in [4.69, 9.17) is 5.73 Å². The lowest BCUT2D eigenvalue weighted by molar-refractivity contribution is -0.0475. The molecule has 0 bridgehead atoms. The Bertz CT molecular complexity index is 116. The van der Waals surface area contributed by atoms with Gasteiger partial charge in [-0.1, -0.05) is 6.92 Å². The second-order valence-corrected chi connectivity index (χ2v) is 3.76. The van der Waals surface area contributed by atoms with Gasteiger partial charge in [-0.3, -0.25) is 0 Å². The van der Waals surface area contributed by atoms with Crippen LogP contribution in [0.3, 0.4) is 0 Å². The highest BCUT2D eigenvalue weighted by atomic mass is 16.3. The van der Waals surface area contributed by atoms with Crippen molar-refractivity contribution in [1.29, 1.82) is 0 Å². The molecule has 1 aliphatic carbocycles. The van der Waals surface area contributed by atoms with Gasteiger partial charge >= 0.3 is 0 Å². The minimum absolute atomic E-state index is 0.0689. The van der Waals surface area contributed by atoms with E-state index in [-0.39, 0.29) is 11.5 Å². The maximum absolute atomic E-state index is 9.36. The second kappa shape index (κ2) is 2.51. The van der Waals surface area contributed by atoms with E-state index in [1.165, 1.54) is 0 Å². The molecule has 0 aromatic carbocycles. The molecule has 1 unspecified atom stereocenters. The molecule has 0 amide bonds. The second-order valence-electron chi connectivity index (χ2n) is 3.76. The van der Waals surface area contributed by atoms with Crippen LogP contribution in [-0.2, 0) is 0 Å². The van der Waals surface area contributed by atoms with E-state index >= 15 is 0 Å². The van der Waals surface area contributed by atoms with Gasteiger partial charge in [0.05, 0.1) is 6.10 Å². The highest BCUT2D eigenvalue weighted by Gasteiger charge is 2.44. The summed E-state index contributed by atoms with van der Waals surface area (Å²) in [5.41, 5.74) is 5.64. The van der Waals surface area contributed by atoms with Crippen LogP contribution in [0.5, 0.6) is 0 Å². The van der Waals surface area contributed by atoms with Crippen molar-refractivity contribution in [2.45, 2.75) is 32.8 Å². The van der Waals surface area contributed by atoms with Gasteiger partial charge in [-0.05, 0) is 25.7 Å². The highest BCUT2D eigenvalue weighted by Crippen LogP contribution is 2.46. The summed E-state index contributed by atoms with van der Waals surface area (Å²) in [5, 5.41) is 9.36. The predicted octanol–water partition coefficient (Wildman–Crippen LogP) is 0.742. The lowest BCUT2D eigenvalue weighted by Crippen LogP contribution is -2.49. The van der Waals surface area contributed by atoms with Crippen molar-refractivity contribution in [2.24, 2.45) is 17.1 Å². The van der Waals surface area contributed by atoms with Crippen molar-refractivity contribution in [3.63, 3.8) is 0 Å². The molecular weight excluding hydrogens is 126 g/mol. The van der Waals surface area contributed by atoms with Crippen LogP contribution in [0.15, 0.2) is 0 Å². The Hall–Kier alpha value is -0.0800. The van der Waals surface area contributed by atoms with Crippen molar-refractivity contribution in [2.75, 3.05) is 6.54 Å². The maximum atomic E-state index is 9.36. The third-order valence-electron chi connectivity index (χ3n) is 2.80. The Morgan fingerprint density at radius 2 is 2.20 bits per heavy atom. The molecule has 1 fully saturated rings. The van der Waals surface area contributed by atoms with Gasteiger partial charge in [0.25, 0.3) is 0 Å². The van der Waals surface area contributed by atoms with Gasteiger partial charge in [0.2, 0.25) is 0 Å². The average Bonchev–Trinajstić information content (AvgIpc) is 1.79. The number of rotatable bonds is 2. The molecule has 0 spiro atoms. The Balaban J connectivity index is 2.48. The molecule has 1 aliphatic rings. The van der Waals surface area contributed by atoms with Crippen LogP contribution in [0.1, 0.15) is 26.7 Å². The zero-order valence-corrected chi connectivity index (χ0v) is 6.80. The van der Waals surface area contributed by atoms with Crippen LogP contribution in [0.2, 0.25) is 0 Å². The quantitative estimate of drug-likeness (QED) is 0.599. The van der Waals surface area contributed by atoms with E-state index in [0.29, 0.717) is 6.54 Å². The predicted molar refractivity (Wildman–Crippen MR) is 41.6 cm³/mol. The van der Waals surface area contributed by atoms with E-state index in [2.05, 4.69) is 6.92 Å². The number of hydrogen-bond acceptors (Lipinski definition) is 2. The molecule has 3 N–H and O–H groups in total. The van der Waals surface area contributed by atoms with Crippen LogP contribution in [0.25, 0.3) is 0 Å². The van der Waals surface area contributed by atoms with Crippen LogP contribution in [0.4, 0.5) is 0 Å². The van der Waals surface area contributed by atoms with Crippen molar-refractivity contribution >= 4 is 0 Å². The summed E-state index contributed by atoms with van der Waals surface area (Å²) in [5.74, 6) is 0.762. The maximum Gasteiger partial charge on any atom is 0.0580 e. The minimum Gasteiger partial charge on any atom is -0.393 e. The molecule has 0 heterocycles. The van der Waals surface area contributed by atoms with Crippen LogP contribution in [0, 0.1) is 11.3 Å². The van der Waals surface area contributed by atoms with Crippen molar-refractivity contribution in [1.82, 2.24) is 0 Å². The normalized spacial score (nSPS) is 42.6. The third-order valence-corrected chi connectivity index (χ3v) is 2.80. The minimum atomic E-state index is -0.228. The van der Waals surface area contributed by atoms with Gasteiger partial charge in [0, 0.05) is 12.0 Å². The van der Waals surface area contributed by atoms with Crippen LogP contribution >= 0.6 is 0 Å². The smallest absolute Gasteiger partial charge is 0.0580 e. The molecule has 1 atom stereocenters. The Morgan fingerprint density at radius 3 is 2.30 bits per heavy atom. The van der Waals surface area contributed by atoms with E-state index in [1.54, 1.807) is 0 Å². The molecule has 0 radical (unpaired) electrons. The monoisotopic (exact) mass is 143 g/mol. The van der Waals surface area contributed by atoms with Crippen molar-refractivity contribution in [3.05, 3.63) is 0 Å². The van der Waals surface area contributed by atoms with Gasteiger partial charge < -0.3 is 10.8 Å². The lowest BCUT2D eigenvalue weighted by atomic mass is 9.60. The first kappa shape index (κ1) is 8.02. The zero-order valence-electron chi connectivity index (χ0n) is 6.80. The van der Waals surface area contributed by atoms with Gasteiger partial charge in [-0.15, -0.1) is 0 Å². The summed E-state index contributed by atoms with van der Waals surface area (Å²) in [4.78, 5) is 0. The van der Waals surface area contributed by atoms with Crippen LogP contribution < -0.4 is 5.73 Å². The fourth-order valence-corrected chi connectivity index (χ4v) is 2.01. The molecule has 1 rings (SSSR count). The summed E-state index contributed by atoms with van der Waals surface area (Å²) < 4.78 is 0. The molecule has 10 heavy (non-hydrogen) atoms. The van der Waals surface area contributed by atoms with Gasteiger partial charge in [-0.25, -0.2) is 0 Å². The molecule has 1 saturated carbocycles. The number of hydrogen-bond donors (Lipinski definition) is 2. The SMILES string of the molecule is CC1CC(CN)(C(C)O)C1. The molecule has 0 aromatic heterocycles. The summed E-state index contributed by atoms with van der Waals surface area (Å²) in [6, 6.07) is 0. The third kappa shape index (κ3) is 1.06. The van der Waals surface area contributed by atoms with Crippen molar-refractivity contribution in [3.8, 4) is 0 Å². The number of aliphatic hydroxyl groups excluding tert-OH is 1. The summed E-state index contributed by atoms with van der Waals surface area (Å²) in [7, 11) is 0. The van der Waals surface area contributed by atoms with Crippen molar-refractivity contribution < 1.29 is 5.11 Å². The molecule has 2 heteroatoms. The molecule has 60 valence electrons. The topological polar surface area (TPSA) is 46.2 Å². The molecular formula is C8H17NO. The Morgan fingerprint density at radius 1 is 1.70 bits per heavy atom. The van der Waals surface area contributed by atoms with E-state index in [9.17, 15) is 5.11 Å². The first-order valence-corrected chi connectivity index (χ1v) is 3.99. The Labute approximate surface area is 62.4 Å². The standard InChI is InChI=1S/C8H17NO/c1-6-3-8(4-6,5-9)7(2)10/h6-7,10H,3-5,9H2,1-2H3. The average molecular weight is 143 g/mol. The molecule has 0 aliphatic heterocycles. The molecule has 2 nitrogen and oxygen atoms in total. The lowest BCUT2D eigenvalue weighted by Gasteiger charge is -2.48. The summed E-state index contributed by atoms with van der Waals surface area (Å²) >= 11 is 0. The van der Waals surface area contributed by atoms with Crippen LogP contribution in [-0.4, -0.2) is 17.8 Å². The van der Waals surface area contributed by atoms with Gasteiger partial charge in [-0.2, -0.15) is 0 Å². The number of nitrogens with two attached hydrogens (primary N) is 1. The van der Waals surface area contributed by atoms with Gasteiger partial charge in [0.1, 0.15) is 0 Å². The number of aliphatic hydroxyl groups is 1. The Kier molecular flexibility index (Phi) is 2.02. The first-order valence-electron chi connectivity index (χ1n) is 3.99. The van der Waals surface area contributed by atoms with E-state index in [0.717, 1.165) is 18.8 Å². The van der Waals surface area contributed by atoms with E-state index < -0.39 is 0 Å². The first-order chi connectivity index (χ1) is 4.60. The fraction of sp³-hybridized carbons (Fsp3) is 1.00. The molecule has 0 saturated heterocycles. The summed E-state index contributed by atoms with van der Waals surface area (Å²) in [6.45, 7) is 4.68. The fourth-order valence-electron chi connectivity index (χ4n) is 2.01. The van der Waals surface area contributed by atoms with Gasteiger partial charge in [0.15, 0.2) is 0 Å². The molecule has 0 aromatic rings. The zero-order chi connectivity index (χ0) is 7.78. The largest absolute Gasteiger partial charge is 0.393 e. The van der Waals surface area contributed by atoms with E-state index in [1.807, 2.05) is 6.92 Å².